The highest BCUT2D eigenvalue weighted by molar-refractivity contribution is 6.76. The van der Waals surface area contributed by atoms with Gasteiger partial charge < -0.3 is 29.4 Å². The van der Waals surface area contributed by atoms with Crippen LogP contribution in [0.3, 0.4) is 0 Å². The number of carbonyl (C=O) groups excluding carboxylic acids is 2. The molecule has 1 fully saturated rings. The molecule has 0 radical (unpaired) electrons. The van der Waals surface area contributed by atoms with Crippen LogP contribution in [0, 0.1) is 0 Å². The van der Waals surface area contributed by atoms with Crippen molar-refractivity contribution in [2.24, 2.45) is 0 Å². The van der Waals surface area contributed by atoms with Crippen molar-refractivity contribution in [3.8, 4) is 0 Å². The van der Waals surface area contributed by atoms with Crippen molar-refractivity contribution >= 4 is 36.9 Å². The van der Waals surface area contributed by atoms with Crippen molar-refractivity contribution in [3.63, 3.8) is 0 Å². The summed E-state index contributed by atoms with van der Waals surface area (Å²) in [7, 11) is -1.16. The second kappa shape index (κ2) is 11.0. The maximum absolute atomic E-state index is 12.6. The summed E-state index contributed by atoms with van der Waals surface area (Å²) in [5.74, 6) is -0.411. The maximum Gasteiger partial charge on any atom is 0.407 e. The van der Waals surface area contributed by atoms with Crippen molar-refractivity contribution < 1.29 is 23.8 Å². The molecule has 1 saturated carbocycles. The molecule has 1 amide bonds. The van der Waals surface area contributed by atoms with Gasteiger partial charge in [0.2, 0.25) is 0 Å². The number of esters is 1. The quantitative estimate of drug-likeness (QED) is 0.267. The van der Waals surface area contributed by atoms with Crippen LogP contribution in [0.4, 0.5) is 10.5 Å². The van der Waals surface area contributed by atoms with Gasteiger partial charge >= 0.3 is 12.1 Å². The van der Waals surface area contributed by atoms with E-state index in [1.165, 1.54) is 0 Å². The van der Waals surface area contributed by atoms with Gasteiger partial charge in [-0.25, -0.2) is 14.6 Å². The molecule has 0 bridgehead atoms. The van der Waals surface area contributed by atoms with E-state index < -0.39 is 25.7 Å². The van der Waals surface area contributed by atoms with Crippen molar-refractivity contribution in [2.45, 2.75) is 90.6 Å². The Labute approximate surface area is 208 Å². The summed E-state index contributed by atoms with van der Waals surface area (Å²) in [6.07, 6.45) is 4.54. The SMILES string of the molecule is CCOC(=O)c1cnc2c(ccn2COCC[Si](C)(C)C)c1NC1CC(NC(=O)OC(C)(C)C)C1. The van der Waals surface area contributed by atoms with Gasteiger partial charge in [-0.3, -0.25) is 0 Å². The minimum atomic E-state index is -1.16. The van der Waals surface area contributed by atoms with Gasteiger partial charge in [0.1, 0.15) is 23.5 Å². The lowest BCUT2D eigenvalue weighted by atomic mass is 9.86. The second-order valence-electron chi connectivity index (χ2n) is 11.3. The van der Waals surface area contributed by atoms with Crippen molar-refractivity contribution in [2.75, 3.05) is 18.5 Å². The molecule has 1 aliphatic carbocycles. The van der Waals surface area contributed by atoms with Gasteiger partial charge in [0.05, 0.1) is 12.3 Å². The summed E-state index contributed by atoms with van der Waals surface area (Å²) in [6, 6.07) is 3.17. The van der Waals surface area contributed by atoms with E-state index in [9.17, 15) is 9.59 Å². The van der Waals surface area contributed by atoms with E-state index in [-0.39, 0.29) is 18.7 Å². The number of nitrogens with zero attached hydrogens (tertiary/aromatic N) is 2. The molecule has 2 aromatic heterocycles. The van der Waals surface area contributed by atoms with Gasteiger partial charge in [-0.15, -0.1) is 0 Å². The van der Waals surface area contributed by atoms with E-state index in [1.807, 2.05) is 37.6 Å². The zero-order valence-corrected chi connectivity index (χ0v) is 23.1. The molecular weight excluding hydrogens is 464 g/mol. The fourth-order valence-corrected chi connectivity index (χ4v) is 4.59. The first kappa shape index (κ1) is 27.0. The number of fused-ring (bicyclic) bond motifs is 1. The average Bonchev–Trinajstić information content (AvgIpc) is 3.11. The van der Waals surface area contributed by atoms with Crippen molar-refractivity contribution in [1.82, 2.24) is 14.9 Å². The Hall–Kier alpha value is -2.59. The number of aromatic nitrogens is 2. The summed E-state index contributed by atoms with van der Waals surface area (Å²) in [5, 5.41) is 7.24. The average molecular weight is 505 g/mol. The lowest BCUT2D eigenvalue weighted by Crippen LogP contribution is -2.50. The molecule has 194 valence electrons. The number of pyridine rings is 1. The minimum Gasteiger partial charge on any atom is -0.462 e. The van der Waals surface area contributed by atoms with Crippen LogP contribution in [0.1, 0.15) is 50.9 Å². The minimum absolute atomic E-state index is 0.0232. The Bertz CT molecular complexity index is 1030. The van der Waals surface area contributed by atoms with Crippen LogP contribution in [-0.4, -0.2) is 60.6 Å². The Kier molecular flexibility index (Phi) is 8.48. The van der Waals surface area contributed by atoms with E-state index in [1.54, 1.807) is 13.1 Å². The summed E-state index contributed by atoms with van der Waals surface area (Å²) in [5.41, 5.74) is 1.32. The fourth-order valence-electron chi connectivity index (χ4n) is 3.83. The molecule has 0 unspecified atom stereocenters. The topological polar surface area (TPSA) is 104 Å². The van der Waals surface area contributed by atoms with Crippen molar-refractivity contribution in [1.29, 1.82) is 0 Å². The van der Waals surface area contributed by atoms with Crippen LogP contribution in [0.5, 0.6) is 0 Å². The predicted molar refractivity (Wildman–Crippen MR) is 140 cm³/mol. The van der Waals surface area contributed by atoms with E-state index >= 15 is 0 Å². The molecule has 0 aromatic carbocycles. The van der Waals surface area contributed by atoms with Crippen LogP contribution in [-0.2, 0) is 20.9 Å². The molecule has 0 atom stereocenters. The normalized spacial score (nSPS) is 18.1. The first-order valence-corrected chi connectivity index (χ1v) is 16.1. The number of ether oxygens (including phenoxy) is 3. The molecule has 9 nitrogen and oxygen atoms in total. The van der Waals surface area contributed by atoms with Gasteiger partial charge in [0.25, 0.3) is 0 Å². The van der Waals surface area contributed by atoms with Crippen molar-refractivity contribution in [3.05, 3.63) is 24.0 Å². The number of rotatable bonds is 10. The summed E-state index contributed by atoms with van der Waals surface area (Å²) >= 11 is 0. The number of carbonyl (C=O) groups is 2. The molecule has 0 saturated heterocycles. The molecule has 2 heterocycles. The van der Waals surface area contributed by atoms with Gasteiger partial charge in [-0.05, 0) is 52.6 Å². The third-order valence-electron chi connectivity index (χ3n) is 5.72. The highest BCUT2D eigenvalue weighted by Gasteiger charge is 2.33. The first-order valence-electron chi connectivity index (χ1n) is 12.3. The highest BCUT2D eigenvalue weighted by Crippen LogP contribution is 2.32. The van der Waals surface area contributed by atoms with E-state index in [4.69, 9.17) is 14.2 Å². The number of hydrogen-bond acceptors (Lipinski definition) is 7. The molecule has 0 aliphatic heterocycles. The van der Waals surface area contributed by atoms with E-state index in [2.05, 4.69) is 35.3 Å². The molecule has 2 N–H and O–H groups in total. The molecule has 1 aliphatic rings. The van der Waals surface area contributed by atoms with Gasteiger partial charge in [0, 0.05) is 44.5 Å². The maximum atomic E-state index is 12.6. The van der Waals surface area contributed by atoms with Crippen LogP contribution < -0.4 is 10.6 Å². The Morgan fingerprint density at radius 1 is 1.20 bits per heavy atom. The Morgan fingerprint density at radius 2 is 1.91 bits per heavy atom. The van der Waals surface area contributed by atoms with E-state index in [0.29, 0.717) is 18.0 Å². The molecule has 35 heavy (non-hydrogen) atoms. The van der Waals surface area contributed by atoms with Crippen LogP contribution in [0.25, 0.3) is 11.0 Å². The molecular formula is C25H40N4O5Si. The fraction of sp³-hybridized carbons (Fsp3) is 0.640. The lowest BCUT2D eigenvalue weighted by molar-refractivity contribution is 0.0474. The zero-order chi connectivity index (χ0) is 25.8. The first-order chi connectivity index (χ1) is 16.4. The third kappa shape index (κ3) is 7.70. The standard InChI is InChI=1S/C25H40N4O5Si/c1-8-33-23(30)20-15-26-22-19(9-10-29(22)16-32-11-12-35(5,6)7)21(20)27-17-13-18(14-17)28-24(31)34-25(2,3)4/h9-10,15,17-18H,8,11-14,16H2,1-7H3,(H,26,27)(H,28,31). The van der Waals surface area contributed by atoms with Gasteiger partial charge in [-0.2, -0.15) is 0 Å². The monoisotopic (exact) mass is 504 g/mol. The zero-order valence-electron chi connectivity index (χ0n) is 22.1. The Morgan fingerprint density at radius 3 is 2.54 bits per heavy atom. The number of amides is 1. The smallest absolute Gasteiger partial charge is 0.407 e. The lowest BCUT2D eigenvalue weighted by Gasteiger charge is -2.37. The number of hydrogen-bond donors (Lipinski definition) is 2. The number of nitrogens with one attached hydrogen (secondary N) is 2. The molecule has 2 aromatic rings. The third-order valence-corrected chi connectivity index (χ3v) is 7.42. The van der Waals surface area contributed by atoms with Crippen LogP contribution in [0.15, 0.2) is 18.5 Å². The molecule has 3 rings (SSSR count). The summed E-state index contributed by atoms with van der Waals surface area (Å²) in [4.78, 5) is 29.2. The van der Waals surface area contributed by atoms with Crippen LogP contribution in [0.2, 0.25) is 25.7 Å². The predicted octanol–water partition coefficient (Wildman–Crippen LogP) is 4.99. The number of anilines is 1. The van der Waals surface area contributed by atoms with E-state index in [0.717, 1.165) is 36.5 Å². The Balaban J connectivity index is 1.71. The number of alkyl carbamates (subject to hydrolysis) is 1. The highest BCUT2D eigenvalue weighted by atomic mass is 28.3. The molecule has 0 spiro atoms. The summed E-state index contributed by atoms with van der Waals surface area (Å²) in [6.45, 7) is 15.7. The second-order valence-corrected chi connectivity index (χ2v) is 16.9. The van der Waals surface area contributed by atoms with Gasteiger partial charge in [-0.1, -0.05) is 19.6 Å². The largest absolute Gasteiger partial charge is 0.462 e. The van der Waals surface area contributed by atoms with Gasteiger partial charge in [0.15, 0.2) is 0 Å². The summed E-state index contributed by atoms with van der Waals surface area (Å²) < 4.78 is 18.5. The van der Waals surface area contributed by atoms with Crippen LogP contribution >= 0.6 is 0 Å². The molecule has 10 heteroatoms.